The number of hydrogen-bond acceptors (Lipinski definition) is 6. The zero-order valence-electron chi connectivity index (χ0n) is 15.0. The molecule has 0 saturated carbocycles. The van der Waals surface area contributed by atoms with Crippen LogP contribution >= 0.6 is 24.0 Å². The van der Waals surface area contributed by atoms with Crippen molar-refractivity contribution in [1.29, 1.82) is 0 Å². The zero-order chi connectivity index (χ0) is 17.8. The first-order valence-corrected chi connectivity index (χ1v) is 8.18. The van der Waals surface area contributed by atoms with Crippen LogP contribution in [0.2, 0.25) is 0 Å². The van der Waals surface area contributed by atoms with Crippen molar-refractivity contribution < 1.29 is 9.32 Å². The average Bonchev–Trinajstić information content (AvgIpc) is 3.19. The molecule has 0 spiro atoms. The molecule has 0 aromatic carbocycles. The summed E-state index contributed by atoms with van der Waals surface area (Å²) in [6.07, 6.45) is 3.54. The van der Waals surface area contributed by atoms with Gasteiger partial charge in [0.2, 0.25) is 11.8 Å². The van der Waals surface area contributed by atoms with Gasteiger partial charge in [0.1, 0.15) is 13.1 Å². The van der Waals surface area contributed by atoms with E-state index in [1.165, 1.54) is 0 Å². The lowest BCUT2D eigenvalue weighted by molar-refractivity contribution is -0.120. The van der Waals surface area contributed by atoms with Gasteiger partial charge in [0.15, 0.2) is 11.8 Å². The number of aromatic nitrogens is 4. The van der Waals surface area contributed by atoms with Crippen LogP contribution in [-0.4, -0.2) is 62.9 Å². The van der Waals surface area contributed by atoms with Crippen LogP contribution < -0.4 is 10.2 Å². The van der Waals surface area contributed by atoms with E-state index in [0.717, 1.165) is 5.69 Å². The van der Waals surface area contributed by atoms with Gasteiger partial charge < -0.3 is 19.6 Å². The number of carbonyl (C=O) groups excluding carboxylic acids is 1. The minimum Gasteiger partial charge on any atom is -0.356 e. The first-order chi connectivity index (χ1) is 12.1. The van der Waals surface area contributed by atoms with Crippen molar-refractivity contribution in [1.82, 2.24) is 30.1 Å². The van der Waals surface area contributed by atoms with E-state index in [9.17, 15) is 4.79 Å². The minimum atomic E-state index is 0. The van der Waals surface area contributed by atoms with E-state index in [2.05, 4.69) is 25.5 Å². The number of halogens is 1. The fraction of sp³-hybridized carbons (Fsp3) is 0.533. The number of guanidine groups is 1. The zero-order valence-corrected chi connectivity index (χ0v) is 17.4. The Hall–Kier alpha value is -2.18. The van der Waals surface area contributed by atoms with Crippen molar-refractivity contribution >= 4 is 41.5 Å². The molecule has 1 saturated heterocycles. The standard InChI is InChI=1S/C15H22N8O2.HI/c1-4-16-15(17-8-13-19-11(2)25-20-13)22-5-6-23(14(24)10-22)12-7-18-21(3)9-12;/h7,9H,4-6,8,10H2,1-3H3,(H,16,17);1H. The number of anilines is 1. The van der Waals surface area contributed by atoms with E-state index in [1.54, 1.807) is 22.7 Å². The lowest BCUT2D eigenvalue weighted by Crippen LogP contribution is -2.55. The summed E-state index contributed by atoms with van der Waals surface area (Å²) in [5, 5.41) is 11.2. The van der Waals surface area contributed by atoms with Crippen LogP contribution in [0.3, 0.4) is 0 Å². The predicted molar refractivity (Wildman–Crippen MR) is 106 cm³/mol. The number of carbonyl (C=O) groups is 1. The van der Waals surface area contributed by atoms with E-state index in [0.29, 0.717) is 43.9 Å². The average molecular weight is 474 g/mol. The molecule has 1 amide bonds. The number of aryl methyl sites for hydroxylation is 2. The molecular formula is C15H23IN8O2. The molecule has 0 bridgehead atoms. The second kappa shape index (κ2) is 8.96. The van der Waals surface area contributed by atoms with Gasteiger partial charge in [-0.25, -0.2) is 4.99 Å². The molecule has 0 unspecified atom stereocenters. The van der Waals surface area contributed by atoms with E-state index in [4.69, 9.17) is 4.52 Å². The summed E-state index contributed by atoms with van der Waals surface area (Å²) in [5.74, 6) is 1.72. The highest BCUT2D eigenvalue weighted by Gasteiger charge is 2.27. The molecule has 142 valence electrons. The number of rotatable bonds is 4. The Balaban J connectivity index is 0.00000243. The summed E-state index contributed by atoms with van der Waals surface area (Å²) in [5.41, 5.74) is 0.816. The number of hydrogen-bond donors (Lipinski definition) is 1. The number of amides is 1. The molecule has 0 atom stereocenters. The molecule has 1 fully saturated rings. The van der Waals surface area contributed by atoms with E-state index >= 15 is 0 Å². The number of nitrogens with zero attached hydrogens (tertiary/aromatic N) is 7. The minimum absolute atomic E-state index is 0. The van der Waals surface area contributed by atoms with Crippen LogP contribution in [0, 0.1) is 6.92 Å². The summed E-state index contributed by atoms with van der Waals surface area (Å²) in [7, 11) is 1.83. The Kier molecular flexibility index (Phi) is 6.94. The summed E-state index contributed by atoms with van der Waals surface area (Å²) in [6, 6.07) is 0. The molecule has 2 aromatic heterocycles. The van der Waals surface area contributed by atoms with Crippen molar-refractivity contribution in [2.75, 3.05) is 31.1 Å². The van der Waals surface area contributed by atoms with Crippen LogP contribution in [0.25, 0.3) is 0 Å². The first kappa shape index (κ1) is 20.1. The Morgan fingerprint density at radius 2 is 2.23 bits per heavy atom. The lowest BCUT2D eigenvalue weighted by atomic mass is 10.3. The van der Waals surface area contributed by atoms with Gasteiger partial charge in [-0.05, 0) is 6.92 Å². The third-order valence-corrected chi connectivity index (χ3v) is 3.80. The van der Waals surface area contributed by atoms with Crippen LogP contribution in [0.5, 0.6) is 0 Å². The Bertz CT molecular complexity index is 771. The lowest BCUT2D eigenvalue weighted by Gasteiger charge is -2.35. The third kappa shape index (κ3) is 4.71. The second-order valence-corrected chi connectivity index (χ2v) is 5.74. The van der Waals surface area contributed by atoms with Crippen LogP contribution in [0.15, 0.2) is 21.9 Å². The molecule has 0 aliphatic carbocycles. The van der Waals surface area contributed by atoms with Gasteiger partial charge >= 0.3 is 0 Å². The Morgan fingerprint density at radius 1 is 1.42 bits per heavy atom. The largest absolute Gasteiger partial charge is 0.356 e. The molecule has 10 nitrogen and oxygen atoms in total. The molecule has 11 heteroatoms. The molecule has 1 aliphatic heterocycles. The van der Waals surface area contributed by atoms with Crippen LogP contribution in [-0.2, 0) is 18.4 Å². The summed E-state index contributed by atoms with van der Waals surface area (Å²) < 4.78 is 6.64. The van der Waals surface area contributed by atoms with Crippen molar-refractivity contribution in [3.05, 3.63) is 24.1 Å². The Morgan fingerprint density at radius 3 is 2.81 bits per heavy atom. The Labute approximate surface area is 168 Å². The monoisotopic (exact) mass is 474 g/mol. The summed E-state index contributed by atoms with van der Waals surface area (Å²) >= 11 is 0. The van der Waals surface area contributed by atoms with Gasteiger partial charge in [-0.15, -0.1) is 24.0 Å². The first-order valence-electron chi connectivity index (χ1n) is 8.18. The number of aliphatic imine (C=N–C) groups is 1. The van der Waals surface area contributed by atoms with E-state index in [-0.39, 0.29) is 36.4 Å². The van der Waals surface area contributed by atoms with Gasteiger partial charge in [0.25, 0.3) is 0 Å². The molecule has 3 heterocycles. The summed E-state index contributed by atoms with van der Waals surface area (Å²) in [4.78, 5) is 24.9. The van der Waals surface area contributed by atoms with Gasteiger partial charge in [0.05, 0.1) is 11.9 Å². The topological polar surface area (TPSA) is 105 Å². The highest BCUT2D eigenvalue weighted by molar-refractivity contribution is 14.0. The maximum atomic E-state index is 12.5. The normalized spacial score (nSPS) is 15.2. The van der Waals surface area contributed by atoms with E-state index < -0.39 is 0 Å². The van der Waals surface area contributed by atoms with Crippen molar-refractivity contribution in [3.63, 3.8) is 0 Å². The van der Waals surface area contributed by atoms with Gasteiger partial charge in [-0.1, -0.05) is 5.16 Å². The van der Waals surface area contributed by atoms with Gasteiger partial charge in [0, 0.05) is 39.8 Å². The molecular weight excluding hydrogens is 451 g/mol. The molecule has 1 N–H and O–H groups in total. The van der Waals surface area contributed by atoms with Crippen molar-refractivity contribution in [2.24, 2.45) is 12.0 Å². The SMILES string of the molecule is CCNC(=NCc1noc(C)n1)N1CCN(c2cnn(C)c2)C(=O)C1.I. The number of nitrogens with one attached hydrogen (secondary N) is 1. The maximum absolute atomic E-state index is 12.5. The summed E-state index contributed by atoms with van der Waals surface area (Å²) in [6.45, 7) is 6.25. The molecule has 26 heavy (non-hydrogen) atoms. The van der Waals surface area contributed by atoms with E-state index in [1.807, 2.05) is 25.1 Å². The van der Waals surface area contributed by atoms with Crippen molar-refractivity contribution in [2.45, 2.75) is 20.4 Å². The number of piperazine rings is 1. The fourth-order valence-electron chi connectivity index (χ4n) is 2.65. The highest BCUT2D eigenvalue weighted by atomic mass is 127. The predicted octanol–water partition coefficient (Wildman–Crippen LogP) is 0.544. The molecule has 1 aliphatic rings. The second-order valence-electron chi connectivity index (χ2n) is 5.74. The molecule has 0 radical (unpaired) electrons. The quantitative estimate of drug-likeness (QED) is 0.392. The molecule has 2 aromatic rings. The van der Waals surface area contributed by atoms with Crippen LogP contribution in [0.4, 0.5) is 5.69 Å². The third-order valence-electron chi connectivity index (χ3n) is 3.80. The van der Waals surface area contributed by atoms with Gasteiger partial charge in [-0.3, -0.25) is 9.48 Å². The van der Waals surface area contributed by atoms with Crippen LogP contribution in [0.1, 0.15) is 18.6 Å². The maximum Gasteiger partial charge on any atom is 0.246 e. The highest BCUT2D eigenvalue weighted by Crippen LogP contribution is 2.16. The fourth-order valence-corrected chi connectivity index (χ4v) is 2.65. The van der Waals surface area contributed by atoms with Crippen molar-refractivity contribution in [3.8, 4) is 0 Å². The smallest absolute Gasteiger partial charge is 0.246 e. The van der Waals surface area contributed by atoms with Gasteiger partial charge in [-0.2, -0.15) is 10.1 Å². The molecule has 3 rings (SSSR count).